The molecule has 2 rings (SSSR count). The van der Waals surface area contributed by atoms with Crippen molar-refractivity contribution in [1.29, 1.82) is 0 Å². The van der Waals surface area contributed by atoms with Crippen LogP contribution in [0.15, 0.2) is 12.1 Å². The molecular weight excluding hydrogens is 242 g/mol. The number of aromatic nitrogens is 1. The molecule has 1 aromatic rings. The lowest BCUT2D eigenvalue weighted by Crippen LogP contribution is -2.33. The first-order chi connectivity index (χ1) is 8.98. The molecule has 0 aliphatic heterocycles. The van der Waals surface area contributed by atoms with Crippen LogP contribution in [-0.4, -0.2) is 28.3 Å². The Morgan fingerprint density at radius 3 is 2.74 bits per heavy atom. The Morgan fingerprint density at radius 1 is 1.42 bits per heavy atom. The highest BCUT2D eigenvalue weighted by Crippen LogP contribution is 2.30. The molecule has 5 heteroatoms. The van der Waals surface area contributed by atoms with E-state index in [2.05, 4.69) is 10.3 Å². The number of nitrogens with zero attached hydrogens (tertiary/aromatic N) is 1. The maximum atomic E-state index is 10.3. The maximum Gasteiger partial charge on any atom is 0.239 e. The van der Waals surface area contributed by atoms with E-state index in [0.29, 0.717) is 23.9 Å². The molecule has 0 unspecified atom stereocenters. The highest BCUT2D eigenvalue weighted by Gasteiger charge is 2.30. The lowest BCUT2D eigenvalue weighted by Gasteiger charge is -2.23. The first kappa shape index (κ1) is 13.9. The number of nitrogens with one attached hydrogen (secondary N) is 1. The zero-order valence-corrected chi connectivity index (χ0v) is 11.6. The maximum absolute atomic E-state index is 10.3. The highest BCUT2D eigenvalue weighted by atomic mass is 16.5. The van der Waals surface area contributed by atoms with Crippen LogP contribution < -0.4 is 15.8 Å². The van der Waals surface area contributed by atoms with Gasteiger partial charge in [0.05, 0.1) is 17.4 Å². The van der Waals surface area contributed by atoms with Gasteiger partial charge in [0.25, 0.3) is 0 Å². The van der Waals surface area contributed by atoms with Gasteiger partial charge in [-0.2, -0.15) is 4.98 Å². The van der Waals surface area contributed by atoms with E-state index in [1.807, 2.05) is 13.8 Å². The SMILES string of the molecule is CC(C)Oc1nc(NCC2(O)CCCC2)ccc1N. The number of rotatable bonds is 5. The molecule has 1 saturated carbocycles. The van der Waals surface area contributed by atoms with Gasteiger partial charge in [-0.1, -0.05) is 12.8 Å². The Hall–Kier alpha value is -1.49. The summed E-state index contributed by atoms with van der Waals surface area (Å²) in [5.41, 5.74) is 5.75. The summed E-state index contributed by atoms with van der Waals surface area (Å²) in [6, 6.07) is 3.58. The van der Waals surface area contributed by atoms with E-state index in [0.717, 1.165) is 25.7 Å². The van der Waals surface area contributed by atoms with Crippen molar-refractivity contribution in [3.05, 3.63) is 12.1 Å². The summed E-state index contributed by atoms with van der Waals surface area (Å²) in [7, 11) is 0. The fraction of sp³-hybridized carbons (Fsp3) is 0.643. The van der Waals surface area contributed by atoms with Crippen LogP contribution in [0.5, 0.6) is 5.88 Å². The third-order valence-electron chi connectivity index (χ3n) is 3.37. The monoisotopic (exact) mass is 265 g/mol. The van der Waals surface area contributed by atoms with Gasteiger partial charge in [0.15, 0.2) is 0 Å². The van der Waals surface area contributed by atoms with E-state index in [9.17, 15) is 5.11 Å². The summed E-state index contributed by atoms with van der Waals surface area (Å²) >= 11 is 0. The lowest BCUT2D eigenvalue weighted by atomic mass is 10.0. The van der Waals surface area contributed by atoms with Crippen LogP contribution in [-0.2, 0) is 0 Å². The van der Waals surface area contributed by atoms with E-state index in [-0.39, 0.29) is 6.10 Å². The molecule has 1 fully saturated rings. The molecule has 0 atom stereocenters. The fourth-order valence-electron chi connectivity index (χ4n) is 2.33. The predicted molar refractivity (Wildman–Crippen MR) is 76.3 cm³/mol. The summed E-state index contributed by atoms with van der Waals surface area (Å²) in [4.78, 5) is 4.34. The zero-order valence-electron chi connectivity index (χ0n) is 11.6. The second kappa shape index (κ2) is 5.65. The number of hydrogen-bond donors (Lipinski definition) is 3. The number of ether oxygens (including phenoxy) is 1. The summed E-state index contributed by atoms with van der Waals surface area (Å²) in [5.74, 6) is 1.13. The topological polar surface area (TPSA) is 80.4 Å². The van der Waals surface area contributed by atoms with Crippen LogP contribution in [0.2, 0.25) is 0 Å². The van der Waals surface area contributed by atoms with Crippen molar-refractivity contribution in [2.75, 3.05) is 17.6 Å². The summed E-state index contributed by atoms with van der Waals surface area (Å²) in [5, 5.41) is 13.4. The smallest absolute Gasteiger partial charge is 0.239 e. The summed E-state index contributed by atoms with van der Waals surface area (Å²) in [6.07, 6.45) is 3.92. The summed E-state index contributed by atoms with van der Waals surface area (Å²) in [6.45, 7) is 4.38. The van der Waals surface area contributed by atoms with Crippen LogP contribution in [0.25, 0.3) is 0 Å². The Balaban J connectivity index is 2.00. The Bertz CT molecular complexity index is 429. The van der Waals surface area contributed by atoms with Gasteiger partial charge in [-0.05, 0) is 38.8 Å². The Morgan fingerprint density at radius 2 is 2.11 bits per heavy atom. The Kier molecular flexibility index (Phi) is 4.14. The summed E-state index contributed by atoms with van der Waals surface area (Å²) < 4.78 is 5.54. The first-order valence-electron chi connectivity index (χ1n) is 6.88. The molecule has 0 amide bonds. The number of hydrogen-bond acceptors (Lipinski definition) is 5. The number of nitrogens with two attached hydrogens (primary N) is 1. The van der Waals surface area contributed by atoms with Gasteiger partial charge in [0.1, 0.15) is 5.82 Å². The van der Waals surface area contributed by atoms with Crippen LogP contribution in [0.4, 0.5) is 11.5 Å². The molecule has 0 aromatic carbocycles. The predicted octanol–water partition coefficient (Wildman–Crippen LogP) is 2.17. The van der Waals surface area contributed by atoms with Crippen molar-refractivity contribution in [2.24, 2.45) is 0 Å². The van der Waals surface area contributed by atoms with E-state index in [1.54, 1.807) is 12.1 Å². The zero-order chi connectivity index (χ0) is 13.9. The normalized spacial score (nSPS) is 17.7. The minimum absolute atomic E-state index is 0.0315. The molecule has 1 aliphatic carbocycles. The average molecular weight is 265 g/mol. The molecule has 4 N–H and O–H groups in total. The molecule has 19 heavy (non-hydrogen) atoms. The fourth-order valence-corrected chi connectivity index (χ4v) is 2.33. The largest absolute Gasteiger partial charge is 0.473 e. The van der Waals surface area contributed by atoms with Gasteiger partial charge in [0, 0.05) is 6.54 Å². The molecule has 0 bridgehead atoms. The molecule has 0 saturated heterocycles. The molecular formula is C14H23N3O2. The van der Waals surface area contributed by atoms with E-state index < -0.39 is 5.60 Å². The van der Waals surface area contributed by atoms with Gasteiger partial charge < -0.3 is 20.9 Å². The van der Waals surface area contributed by atoms with Crippen LogP contribution >= 0.6 is 0 Å². The van der Waals surface area contributed by atoms with E-state index in [1.165, 1.54) is 0 Å². The van der Waals surface area contributed by atoms with Crippen molar-refractivity contribution in [3.63, 3.8) is 0 Å². The number of pyridine rings is 1. The van der Waals surface area contributed by atoms with Crippen LogP contribution in [0.1, 0.15) is 39.5 Å². The van der Waals surface area contributed by atoms with Gasteiger partial charge in [0.2, 0.25) is 5.88 Å². The molecule has 0 spiro atoms. The van der Waals surface area contributed by atoms with Crippen molar-refractivity contribution < 1.29 is 9.84 Å². The quantitative estimate of drug-likeness (QED) is 0.760. The molecule has 1 heterocycles. The van der Waals surface area contributed by atoms with Crippen molar-refractivity contribution in [3.8, 4) is 5.88 Å². The molecule has 0 radical (unpaired) electrons. The van der Waals surface area contributed by atoms with Crippen LogP contribution in [0, 0.1) is 0 Å². The van der Waals surface area contributed by atoms with E-state index >= 15 is 0 Å². The lowest BCUT2D eigenvalue weighted by molar-refractivity contribution is 0.0613. The second-order valence-electron chi connectivity index (χ2n) is 5.54. The second-order valence-corrected chi connectivity index (χ2v) is 5.54. The molecule has 106 valence electrons. The standard InChI is InChI=1S/C14H23N3O2/c1-10(2)19-13-11(15)5-6-12(17-13)16-9-14(18)7-3-4-8-14/h5-6,10,18H,3-4,7-9,15H2,1-2H3,(H,16,17). The first-order valence-corrected chi connectivity index (χ1v) is 6.88. The van der Waals surface area contributed by atoms with Crippen molar-refractivity contribution in [1.82, 2.24) is 4.98 Å². The van der Waals surface area contributed by atoms with Gasteiger partial charge in [-0.3, -0.25) is 0 Å². The average Bonchev–Trinajstić information content (AvgIpc) is 2.77. The minimum atomic E-state index is -0.595. The Labute approximate surface area is 114 Å². The molecule has 5 nitrogen and oxygen atoms in total. The van der Waals surface area contributed by atoms with Gasteiger partial charge in [-0.25, -0.2) is 0 Å². The number of aliphatic hydroxyl groups is 1. The molecule has 1 aliphatic rings. The van der Waals surface area contributed by atoms with Crippen molar-refractivity contribution in [2.45, 2.75) is 51.2 Å². The van der Waals surface area contributed by atoms with Gasteiger partial charge >= 0.3 is 0 Å². The van der Waals surface area contributed by atoms with Crippen molar-refractivity contribution >= 4 is 11.5 Å². The number of nitrogen functional groups attached to an aromatic ring is 1. The number of anilines is 2. The van der Waals surface area contributed by atoms with Gasteiger partial charge in [-0.15, -0.1) is 0 Å². The third kappa shape index (κ3) is 3.73. The van der Waals surface area contributed by atoms with Crippen LogP contribution in [0.3, 0.4) is 0 Å². The molecule has 1 aromatic heterocycles. The van der Waals surface area contributed by atoms with E-state index in [4.69, 9.17) is 10.5 Å². The third-order valence-corrected chi connectivity index (χ3v) is 3.37. The highest BCUT2D eigenvalue weighted by molar-refractivity contribution is 5.53. The minimum Gasteiger partial charge on any atom is -0.473 e.